The fourth-order valence-corrected chi connectivity index (χ4v) is 1.25. The number of aromatic amines is 1. The first-order valence-electron chi connectivity index (χ1n) is 4.18. The average Bonchev–Trinajstić information content (AvgIpc) is 2.51. The zero-order valence-electron chi connectivity index (χ0n) is 8.09. The summed E-state index contributed by atoms with van der Waals surface area (Å²) in [5.41, 5.74) is 13.7. The van der Waals surface area contributed by atoms with Crippen molar-refractivity contribution < 1.29 is 0 Å². The van der Waals surface area contributed by atoms with Crippen molar-refractivity contribution in [3.63, 3.8) is 0 Å². The van der Waals surface area contributed by atoms with Gasteiger partial charge in [0.1, 0.15) is 5.84 Å². The van der Waals surface area contributed by atoms with E-state index in [9.17, 15) is 0 Å². The van der Waals surface area contributed by atoms with E-state index >= 15 is 0 Å². The van der Waals surface area contributed by atoms with Crippen molar-refractivity contribution in [2.24, 2.45) is 11.5 Å². The monoisotopic (exact) mass is 190 g/mol. The predicted octanol–water partition coefficient (Wildman–Crippen LogP) is 1.28. The van der Waals surface area contributed by atoms with Crippen LogP contribution in [0.5, 0.6) is 0 Å². The zero-order chi connectivity index (χ0) is 10.7. The van der Waals surface area contributed by atoms with E-state index in [4.69, 9.17) is 16.9 Å². The van der Waals surface area contributed by atoms with Gasteiger partial charge in [0.2, 0.25) is 0 Å². The molecular weight excluding hydrogens is 176 g/mol. The first kappa shape index (κ1) is 10.1. The number of nitrogens with one attached hydrogen (secondary N) is 2. The van der Waals surface area contributed by atoms with Crippen LogP contribution in [-0.4, -0.2) is 10.8 Å². The molecule has 1 rings (SSSR count). The molecule has 1 aromatic heterocycles. The minimum atomic E-state index is -0.0394. The number of hydrogen-bond donors (Lipinski definition) is 4. The van der Waals surface area contributed by atoms with E-state index in [0.717, 1.165) is 11.4 Å². The minimum absolute atomic E-state index is 0.0394. The molecule has 1 heterocycles. The molecule has 74 valence electrons. The normalized spacial score (nSPS) is 12.1. The molecule has 0 bridgehead atoms. The van der Waals surface area contributed by atoms with Crippen LogP contribution in [-0.2, 0) is 0 Å². The van der Waals surface area contributed by atoms with Crippen LogP contribution >= 0.6 is 0 Å². The molecule has 6 N–H and O–H groups in total. The van der Waals surface area contributed by atoms with Gasteiger partial charge in [0.05, 0.1) is 11.3 Å². The van der Waals surface area contributed by atoms with Crippen molar-refractivity contribution in [3.05, 3.63) is 35.8 Å². The lowest BCUT2D eigenvalue weighted by Gasteiger charge is -2.05. The first-order valence-corrected chi connectivity index (χ1v) is 4.18. The molecular formula is C10H14N4. The fraction of sp³-hybridized carbons (Fsp3) is 0.100. The van der Waals surface area contributed by atoms with Crippen LogP contribution in [0.4, 0.5) is 0 Å². The van der Waals surface area contributed by atoms with Crippen LogP contribution in [0.2, 0.25) is 0 Å². The van der Waals surface area contributed by atoms with Gasteiger partial charge in [-0.2, -0.15) is 0 Å². The van der Waals surface area contributed by atoms with Crippen LogP contribution in [0.15, 0.2) is 24.4 Å². The van der Waals surface area contributed by atoms with Gasteiger partial charge in [-0.25, -0.2) is 0 Å². The number of rotatable bonds is 3. The second-order valence-corrected chi connectivity index (χ2v) is 3.00. The molecule has 0 spiro atoms. The highest BCUT2D eigenvalue weighted by atomic mass is 14.8. The van der Waals surface area contributed by atoms with Crippen LogP contribution in [0.1, 0.15) is 18.3 Å². The molecule has 0 amide bonds. The molecule has 0 radical (unpaired) electrons. The Morgan fingerprint density at radius 1 is 1.50 bits per heavy atom. The van der Waals surface area contributed by atoms with Gasteiger partial charge in [0, 0.05) is 11.4 Å². The van der Waals surface area contributed by atoms with E-state index in [-0.39, 0.29) is 5.84 Å². The average molecular weight is 190 g/mol. The molecule has 4 nitrogen and oxygen atoms in total. The molecule has 0 aliphatic rings. The predicted molar refractivity (Wildman–Crippen MR) is 59.6 cm³/mol. The molecule has 14 heavy (non-hydrogen) atoms. The largest absolute Gasteiger partial charge is 0.402 e. The molecule has 0 aromatic carbocycles. The molecule has 0 atom stereocenters. The van der Waals surface area contributed by atoms with E-state index in [1.165, 1.54) is 0 Å². The molecule has 0 unspecified atom stereocenters. The minimum Gasteiger partial charge on any atom is -0.402 e. The van der Waals surface area contributed by atoms with Crippen LogP contribution in [0, 0.1) is 5.41 Å². The Hall–Kier alpha value is -1.97. The summed E-state index contributed by atoms with van der Waals surface area (Å²) in [7, 11) is 0. The summed E-state index contributed by atoms with van der Waals surface area (Å²) < 4.78 is 0. The number of allylic oxidation sites excluding steroid dienone is 1. The van der Waals surface area contributed by atoms with Crippen molar-refractivity contribution in [2.45, 2.75) is 6.92 Å². The number of amidine groups is 1. The van der Waals surface area contributed by atoms with Gasteiger partial charge in [0.15, 0.2) is 0 Å². The Morgan fingerprint density at radius 3 is 2.50 bits per heavy atom. The lowest BCUT2D eigenvalue weighted by atomic mass is 10.1. The summed E-state index contributed by atoms with van der Waals surface area (Å²) in [6, 6.07) is 3.68. The smallest absolute Gasteiger partial charge is 0.126 e. The van der Waals surface area contributed by atoms with E-state index in [0.29, 0.717) is 11.3 Å². The lowest BCUT2D eigenvalue weighted by Crippen LogP contribution is -2.16. The summed E-state index contributed by atoms with van der Waals surface area (Å²) in [6.45, 7) is 5.34. The molecule has 1 aromatic rings. The van der Waals surface area contributed by atoms with Gasteiger partial charge in [-0.1, -0.05) is 6.58 Å². The summed E-state index contributed by atoms with van der Waals surface area (Å²) >= 11 is 0. The van der Waals surface area contributed by atoms with Crippen molar-refractivity contribution in [1.29, 1.82) is 5.41 Å². The molecule has 0 saturated carbocycles. The lowest BCUT2D eigenvalue weighted by molar-refractivity contribution is 1.27. The summed E-state index contributed by atoms with van der Waals surface area (Å²) in [5.74, 6) is -0.0394. The van der Waals surface area contributed by atoms with Crippen LogP contribution in [0.25, 0.3) is 11.6 Å². The van der Waals surface area contributed by atoms with Crippen molar-refractivity contribution >= 4 is 17.5 Å². The quantitative estimate of drug-likeness (QED) is 0.427. The molecule has 0 aliphatic heterocycles. The Balaban J connectivity index is 3.20. The van der Waals surface area contributed by atoms with E-state index in [1.54, 1.807) is 13.0 Å². The maximum Gasteiger partial charge on any atom is 0.126 e. The van der Waals surface area contributed by atoms with Gasteiger partial charge in [-0.3, -0.25) is 5.41 Å². The number of H-pyrrole nitrogens is 1. The topological polar surface area (TPSA) is 91.7 Å². The van der Waals surface area contributed by atoms with Gasteiger partial charge in [-0.15, -0.1) is 0 Å². The van der Waals surface area contributed by atoms with Crippen LogP contribution < -0.4 is 11.5 Å². The summed E-state index contributed by atoms with van der Waals surface area (Å²) in [6.07, 6.45) is 1.69. The van der Waals surface area contributed by atoms with Crippen LogP contribution in [0.3, 0.4) is 0 Å². The highest BCUT2D eigenvalue weighted by molar-refractivity contribution is 6.20. The van der Waals surface area contributed by atoms with Crippen molar-refractivity contribution in [3.8, 4) is 0 Å². The van der Waals surface area contributed by atoms with Gasteiger partial charge in [0.25, 0.3) is 0 Å². The highest BCUT2D eigenvalue weighted by Gasteiger charge is 2.08. The fourth-order valence-electron chi connectivity index (χ4n) is 1.25. The van der Waals surface area contributed by atoms with Gasteiger partial charge >= 0.3 is 0 Å². The zero-order valence-corrected chi connectivity index (χ0v) is 8.09. The molecule has 4 heteroatoms. The number of nitrogens with two attached hydrogens (primary N) is 2. The molecule has 0 saturated heterocycles. The summed E-state index contributed by atoms with van der Waals surface area (Å²) in [4.78, 5) is 3.05. The Labute approximate surface area is 82.8 Å². The SMILES string of the molecule is C=Cc1ccc(C(C(=N)N)=C(C)N)[nH]1. The van der Waals surface area contributed by atoms with Gasteiger partial charge < -0.3 is 16.5 Å². The standard InChI is InChI=1S/C10H14N4/c1-3-7-4-5-8(14-7)9(6(2)11)10(12)13/h3-5,14H,1,11H2,2H3,(H3,12,13). The second kappa shape index (κ2) is 3.83. The van der Waals surface area contributed by atoms with E-state index in [2.05, 4.69) is 11.6 Å². The number of aromatic nitrogens is 1. The Morgan fingerprint density at radius 2 is 2.14 bits per heavy atom. The third kappa shape index (κ3) is 1.85. The van der Waals surface area contributed by atoms with E-state index < -0.39 is 0 Å². The Kier molecular flexibility index (Phi) is 2.76. The maximum absolute atomic E-state index is 7.38. The molecule has 0 aliphatic carbocycles. The first-order chi connectivity index (χ1) is 6.56. The second-order valence-electron chi connectivity index (χ2n) is 3.00. The third-order valence-electron chi connectivity index (χ3n) is 1.86. The number of hydrogen-bond acceptors (Lipinski definition) is 2. The molecule has 0 fully saturated rings. The van der Waals surface area contributed by atoms with Gasteiger partial charge in [-0.05, 0) is 25.1 Å². The van der Waals surface area contributed by atoms with E-state index in [1.807, 2.05) is 12.1 Å². The highest BCUT2D eigenvalue weighted by Crippen LogP contribution is 2.16. The maximum atomic E-state index is 7.38. The Bertz CT molecular complexity index is 394. The van der Waals surface area contributed by atoms with Crippen molar-refractivity contribution in [1.82, 2.24) is 4.98 Å². The third-order valence-corrected chi connectivity index (χ3v) is 1.86. The van der Waals surface area contributed by atoms with Crippen molar-refractivity contribution in [2.75, 3.05) is 0 Å². The summed E-state index contributed by atoms with van der Waals surface area (Å²) in [5, 5.41) is 7.38.